The van der Waals surface area contributed by atoms with Gasteiger partial charge in [0.15, 0.2) is 0 Å². The molecule has 0 aliphatic rings. The lowest BCUT2D eigenvalue weighted by atomic mass is 9.97. The lowest BCUT2D eigenvalue weighted by Gasteiger charge is -2.12. The van der Waals surface area contributed by atoms with Gasteiger partial charge in [-0.1, -0.05) is 18.2 Å². The number of hydrogen-bond donors (Lipinski definition) is 3. The summed E-state index contributed by atoms with van der Waals surface area (Å²) in [7, 11) is 1.67. The lowest BCUT2D eigenvalue weighted by Crippen LogP contribution is -2.28. The number of benzene rings is 2. The van der Waals surface area contributed by atoms with Crippen molar-refractivity contribution in [1.82, 2.24) is 25.3 Å². The molecule has 4 heterocycles. The Bertz CT molecular complexity index is 1750. The van der Waals surface area contributed by atoms with E-state index in [1.54, 1.807) is 19.5 Å². The Hall–Kier alpha value is -5.24. The highest BCUT2D eigenvalue weighted by molar-refractivity contribution is 6.16. The van der Waals surface area contributed by atoms with E-state index in [1.165, 1.54) is 0 Å². The Kier molecular flexibility index (Phi) is 6.57. The third kappa shape index (κ3) is 4.87. The number of ether oxygens (including phenoxy) is 1. The van der Waals surface area contributed by atoms with Crippen LogP contribution in [0.25, 0.3) is 44.2 Å². The molecule has 39 heavy (non-hydrogen) atoms. The molecule has 192 valence electrons. The molecular formula is C31H26N6O2. The molecule has 8 heteroatoms. The van der Waals surface area contributed by atoms with Crippen molar-refractivity contribution in [3.8, 4) is 28.1 Å². The average molecular weight is 515 g/mol. The number of amides is 1. The smallest absolute Gasteiger partial charge is 0.251 e. The van der Waals surface area contributed by atoms with E-state index in [4.69, 9.17) is 4.74 Å². The topological polar surface area (TPSA) is 105 Å². The van der Waals surface area contributed by atoms with Crippen LogP contribution in [0.5, 0.6) is 5.75 Å². The fraction of sp³-hybridized carbons (Fsp3) is 0.0968. The van der Waals surface area contributed by atoms with Gasteiger partial charge in [0.25, 0.3) is 5.91 Å². The molecule has 0 radical (unpaired) electrons. The molecule has 0 saturated heterocycles. The van der Waals surface area contributed by atoms with Gasteiger partial charge in [0.1, 0.15) is 11.6 Å². The summed E-state index contributed by atoms with van der Waals surface area (Å²) in [6, 6.07) is 23.2. The third-order valence-electron chi connectivity index (χ3n) is 6.60. The van der Waals surface area contributed by atoms with Crippen LogP contribution < -0.4 is 15.4 Å². The first-order valence-corrected chi connectivity index (χ1v) is 12.6. The number of anilines is 1. The van der Waals surface area contributed by atoms with Crippen LogP contribution in [0, 0.1) is 0 Å². The summed E-state index contributed by atoms with van der Waals surface area (Å²) in [6.45, 7) is 1.06. The largest absolute Gasteiger partial charge is 0.496 e. The van der Waals surface area contributed by atoms with Gasteiger partial charge in [0.05, 0.1) is 24.5 Å². The number of fused-ring (bicyclic) bond motifs is 3. The predicted molar refractivity (Wildman–Crippen MR) is 154 cm³/mol. The Morgan fingerprint density at radius 2 is 1.77 bits per heavy atom. The summed E-state index contributed by atoms with van der Waals surface area (Å²) >= 11 is 0. The SMILES string of the molecule is COc1ccc2[nH]c3cnc(-c4cccnc4)cc3c2c1-c1ccc(C(=O)NCCNc2ccccn2)cc1. The molecule has 0 saturated carbocycles. The van der Waals surface area contributed by atoms with E-state index in [9.17, 15) is 4.79 Å². The Balaban J connectivity index is 1.29. The Morgan fingerprint density at radius 3 is 2.54 bits per heavy atom. The molecule has 6 aromatic rings. The molecular weight excluding hydrogens is 488 g/mol. The summed E-state index contributed by atoms with van der Waals surface area (Å²) in [5, 5.41) is 8.21. The Morgan fingerprint density at radius 1 is 0.872 bits per heavy atom. The van der Waals surface area contributed by atoms with Crippen molar-refractivity contribution in [2.45, 2.75) is 0 Å². The number of hydrogen-bond acceptors (Lipinski definition) is 6. The highest BCUT2D eigenvalue weighted by Crippen LogP contribution is 2.41. The van der Waals surface area contributed by atoms with Crippen molar-refractivity contribution in [3.63, 3.8) is 0 Å². The maximum Gasteiger partial charge on any atom is 0.251 e. The van der Waals surface area contributed by atoms with Crippen molar-refractivity contribution >= 4 is 33.5 Å². The monoisotopic (exact) mass is 514 g/mol. The molecule has 0 unspecified atom stereocenters. The van der Waals surface area contributed by atoms with Crippen molar-refractivity contribution in [1.29, 1.82) is 0 Å². The number of pyridine rings is 3. The third-order valence-corrected chi connectivity index (χ3v) is 6.60. The molecule has 0 spiro atoms. The van der Waals surface area contributed by atoms with Crippen LogP contribution in [0.1, 0.15) is 10.4 Å². The van der Waals surface area contributed by atoms with E-state index in [0.717, 1.165) is 55.8 Å². The zero-order chi connectivity index (χ0) is 26.6. The number of carbonyl (C=O) groups excluding carboxylic acids is 1. The molecule has 0 aliphatic carbocycles. The predicted octanol–water partition coefficient (Wildman–Crippen LogP) is 5.69. The first-order chi connectivity index (χ1) is 19.2. The molecule has 8 nitrogen and oxygen atoms in total. The minimum atomic E-state index is -0.131. The summed E-state index contributed by atoms with van der Waals surface area (Å²) < 4.78 is 5.79. The highest BCUT2D eigenvalue weighted by atomic mass is 16.5. The van der Waals surface area contributed by atoms with Crippen LogP contribution in [-0.2, 0) is 0 Å². The quantitative estimate of drug-likeness (QED) is 0.225. The van der Waals surface area contributed by atoms with Crippen LogP contribution >= 0.6 is 0 Å². The van der Waals surface area contributed by atoms with Gasteiger partial charge in [-0.15, -0.1) is 0 Å². The number of nitrogens with one attached hydrogen (secondary N) is 3. The zero-order valence-corrected chi connectivity index (χ0v) is 21.3. The summed E-state index contributed by atoms with van der Waals surface area (Å²) in [6.07, 6.45) is 7.14. The fourth-order valence-corrected chi connectivity index (χ4v) is 4.73. The Labute approximate surface area is 225 Å². The van der Waals surface area contributed by atoms with Gasteiger partial charge in [-0.2, -0.15) is 0 Å². The number of aromatic amines is 1. The van der Waals surface area contributed by atoms with Crippen molar-refractivity contribution in [3.05, 3.63) is 103 Å². The maximum absolute atomic E-state index is 12.7. The molecule has 6 rings (SSSR count). The van der Waals surface area contributed by atoms with Crippen LogP contribution in [0.3, 0.4) is 0 Å². The average Bonchev–Trinajstić information content (AvgIpc) is 3.38. The van der Waals surface area contributed by atoms with Gasteiger partial charge >= 0.3 is 0 Å². The van der Waals surface area contributed by atoms with E-state index in [-0.39, 0.29) is 5.91 Å². The van der Waals surface area contributed by atoms with Crippen molar-refractivity contribution in [2.24, 2.45) is 0 Å². The molecule has 2 aromatic carbocycles. The van der Waals surface area contributed by atoms with Crippen molar-refractivity contribution < 1.29 is 9.53 Å². The molecule has 1 amide bonds. The zero-order valence-electron chi connectivity index (χ0n) is 21.3. The van der Waals surface area contributed by atoms with E-state index < -0.39 is 0 Å². The number of aromatic nitrogens is 4. The number of H-pyrrole nitrogens is 1. The first kappa shape index (κ1) is 24.1. The van der Waals surface area contributed by atoms with Crippen LogP contribution in [0.4, 0.5) is 5.82 Å². The highest BCUT2D eigenvalue weighted by Gasteiger charge is 2.17. The molecule has 0 fully saturated rings. The second-order valence-corrected chi connectivity index (χ2v) is 9.02. The fourth-order valence-electron chi connectivity index (χ4n) is 4.73. The number of nitrogens with zero attached hydrogens (tertiary/aromatic N) is 3. The molecule has 0 aliphatic heterocycles. The van der Waals surface area contributed by atoms with Gasteiger partial charge in [0, 0.05) is 64.7 Å². The minimum Gasteiger partial charge on any atom is -0.496 e. The lowest BCUT2D eigenvalue weighted by molar-refractivity contribution is 0.0955. The van der Waals surface area contributed by atoms with Gasteiger partial charge in [-0.3, -0.25) is 14.8 Å². The van der Waals surface area contributed by atoms with E-state index >= 15 is 0 Å². The van der Waals surface area contributed by atoms with E-state index in [0.29, 0.717) is 18.7 Å². The van der Waals surface area contributed by atoms with Gasteiger partial charge in [0.2, 0.25) is 0 Å². The first-order valence-electron chi connectivity index (χ1n) is 12.6. The molecule has 0 atom stereocenters. The standard InChI is InChI=1S/C31H26N6O2/c1-39-27-12-11-24-30(23-17-25(36-19-26(23)37-24)22-5-4-13-32-18-22)29(27)20-7-9-21(10-8-20)31(38)35-16-15-34-28-6-2-3-14-33-28/h2-14,17-19,37H,15-16H2,1H3,(H,33,34)(H,35,38). The number of carbonyl (C=O) groups is 1. The molecule has 0 bridgehead atoms. The molecule has 4 aromatic heterocycles. The van der Waals surface area contributed by atoms with E-state index in [2.05, 4.69) is 36.6 Å². The number of rotatable bonds is 8. The van der Waals surface area contributed by atoms with Crippen molar-refractivity contribution in [2.75, 3.05) is 25.5 Å². The second-order valence-electron chi connectivity index (χ2n) is 9.02. The van der Waals surface area contributed by atoms with Crippen LogP contribution in [0.2, 0.25) is 0 Å². The maximum atomic E-state index is 12.7. The van der Waals surface area contributed by atoms with Crippen LogP contribution in [-0.4, -0.2) is 46.0 Å². The minimum absolute atomic E-state index is 0.131. The van der Waals surface area contributed by atoms with Gasteiger partial charge in [-0.25, -0.2) is 4.98 Å². The van der Waals surface area contributed by atoms with E-state index in [1.807, 2.05) is 79.1 Å². The molecule has 3 N–H and O–H groups in total. The second kappa shape index (κ2) is 10.6. The normalized spacial score (nSPS) is 11.0. The van der Waals surface area contributed by atoms with Gasteiger partial charge < -0.3 is 20.4 Å². The van der Waals surface area contributed by atoms with Gasteiger partial charge in [-0.05, 0) is 60.2 Å². The number of methoxy groups -OCH3 is 1. The summed E-state index contributed by atoms with van der Waals surface area (Å²) in [5.74, 6) is 1.40. The van der Waals surface area contributed by atoms with Crippen LogP contribution in [0.15, 0.2) is 97.6 Å². The summed E-state index contributed by atoms with van der Waals surface area (Å²) in [4.78, 5) is 29.3. The summed E-state index contributed by atoms with van der Waals surface area (Å²) in [5.41, 5.74) is 6.20.